The van der Waals surface area contributed by atoms with Crippen molar-refractivity contribution in [1.82, 2.24) is 0 Å². The van der Waals surface area contributed by atoms with E-state index in [9.17, 15) is 36.7 Å². The first-order chi connectivity index (χ1) is 24.8. The van der Waals surface area contributed by atoms with Crippen molar-refractivity contribution in [3.8, 4) is 11.1 Å². The molecule has 0 spiro atoms. The quantitative estimate of drug-likeness (QED) is 0.118. The molecular weight excluding hydrogens is 680 g/mol. The fourth-order valence-electron chi connectivity index (χ4n) is 8.84. The number of benzene rings is 4. The van der Waals surface area contributed by atoms with Crippen LogP contribution in [-0.4, -0.2) is 23.1 Å². The maximum absolute atomic E-state index is 14.0. The van der Waals surface area contributed by atoms with E-state index in [-0.39, 0.29) is 33.4 Å². The van der Waals surface area contributed by atoms with E-state index in [0.29, 0.717) is 0 Å². The maximum Gasteiger partial charge on any atom is 0.197 e. The van der Waals surface area contributed by atoms with E-state index in [1.54, 1.807) is 12.2 Å². The van der Waals surface area contributed by atoms with Gasteiger partial charge in [-0.2, -0.15) is 0 Å². The maximum atomic E-state index is 14.0. The van der Waals surface area contributed by atoms with Crippen LogP contribution < -0.4 is 0 Å². The predicted molar refractivity (Wildman–Crippen MR) is 192 cm³/mol. The van der Waals surface area contributed by atoms with Crippen molar-refractivity contribution in [2.24, 2.45) is 0 Å². The summed E-state index contributed by atoms with van der Waals surface area (Å²) in [6.07, 6.45) is 7.02. The van der Waals surface area contributed by atoms with Crippen LogP contribution >= 0.6 is 0 Å². The zero-order valence-electron chi connectivity index (χ0n) is 29.6. The van der Waals surface area contributed by atoms with E-state index < -0.39 is 62.6 Å². The Morgan fingerprint density at radius 2 is 0.698 bits per heavy atom. The molecule has 8 heteroatoms. The Morgan fingerprint density at radius 3 is 1.00 bits per heavy atom. The van der Waals surface area contributed by atoms with E-state index >= 15 is 0 Å². The van der Waals surface area contributed by atoms with Gasteiger partial charge in [0.25, 0.3) is 0 Å². The lowest BCUT2D eigenvalue weighted by atomic mass is 9.77. The topological polar surface area (TPSA) is 68.3 Å². The molecule has 0 unspecified atom stereocenters. The molecule has 0 heterocycles. The summed E-state index contributed by atoms with van der Waals surface area (Å²) >= 11 is 0. The predicted octanol–water partition coefficient (Wildman–Crippen LogP) is 9.91. The molecule has 4 aromatic carbocycles. The van der Waals surface area contributed by atoms with Gasteiger partial charge in [-0.15, -0.1) is 0 Å². The highest BCUT2D eigenvalue weighted by Gasteiger charge is 2.44. The molecule has 0 N–H and O–H groups in total. The third kappa shape index (κ3) is 4.23. The first kappa shape index (κ1) is 33.1. The molecule has 5 aliphatic rings. The molecule has 0 saturated heterocycles. The van der Waals surface area contributed by atoms with Crippen LogP contribution in [0.15, 0.2) is 83.0 Å². The zero-order valence-corrected chi connectivity index (χ0v) is 29.6. The second-order valence-electron chi connectivity index (χ2n) is 16.1. The Balaban J connectivity index is 1.09. The van der Waals surface area contributed by atoms with Gasteiger partial charge in [-0.1, -0.05) is 53.7 Å². The van der Waals surface area contributed by atoms with Crippen LogP contribution in [0.4, 0.5) is 17.6 Å². The molecular formula is C45H30F4O4. The summed E-state index contributed by atoms with van der Waals surface area (Å²) in [5.41, 5.74) is 7.09. The third-order valence-corrected chi connectivity index (χ3v) is 12.1. The summed E-state index contributed by atoms with van der Waals surface area (Å²) in [5, 5.41) is 0. The normalized spacial score (nSPS) is 19.1. The van der Waals surface area contributed by atoms with Crippen molar-refractivity contribution in [3.63, 3.8) is 0 Å². The summed E-state index contributed by atoms with van der Waals surface area (Å²) in [6, 6.07) is 11.7. The van der Waals surface area contributed by atoms with Crippen LogP contribution in [0, 0.1) is 23.3 Å². The molecule has 0 radical (unpaired) electrons. The fourth-order valence-corrected chi connectivity index (χ4v) is 8.84. The summed E-state index contributed by atoms with van der Waals surface area (Å²) in [5.74, 6) is -7.28. The number of hydrogen-bond donors (Lipinski definition) is 0. The molecule has 0 aliphatic heterocycles. The van der Waals surface area contributed by atoms with Gasteiger partial charge in [-0.05, 0) is 116 Å². The minimum atomic E-state index is -1.19. The average Bonchev–Trinajstić information content (AvgIpc) is 3.73. The molecule has 0 atom stereocenters. The number of rotatable bonds is 2. The SMILES string of the molecule is CC1(C)C(C=C2C(=O)c3cc(F)c(F)cc3C2=O)=Cc2cc3c(cc21)-c1cc2c(cc1C3(C)C)C=C(C=C1C(=O)c3cc(F)c(F)cc3C1=O)C2(C)C. The third-order valence-electron chi connectivity index (χ3n) is 12.1. The Labute approximate surface area is 302 Å². The van der Waals surface area contributed by atoms with Gasteiger partial charge in [0, 0.05) is 38.5 Å². The van der Waals surface area contributed by atoms with Crippen molar-refractivity contribution in [2.75, 3.05) is 0 Å². The molecule has 0 aromatic heterocycles. The van der Waals surface area contributed by atoms with E-state index in [0.717, 1.165) is 79.9 Å². The van der Waals surface area contributed by atoms with Gasteiger partial charge in [0.2, 0.25) is 0 Å². The van der Waals surface area contributed by atoms with Crippen LogP contribution in [0.1, 0.15) is 116 Å². The molecule has 9 rings (SSSR count). The Kier molecular flexibility index (Phi) is 6.38. The van der Waals surface area contributed by atoms with Crippen molar-refractivity contribution < 1.29 is 36.7 Å². The highest BCUT2D eigenvalue weighted by Crippen LogP contribution is 2.56. The first-order valence-corrected chi connectivity index (χ1v) is 17.3. The van der Waals surface area contributed by atoms with Gasteiger partial charge in [-0.3, -0.25) is 19.2 Å². The first-order valence-electron chi connectivity index (χ1n) is 17.3. The number of ketones is 4. The van der Waals surface area contributed by atoms with E-state index in [4.69, 9.17) is 0 Å². The van der Waals surface area contributed by atoms with Gasteiger partial charge in [0.05, 0.1) is 11.1 Å². The van der Waals surface area contributed by atoms with Gasteiger partial charge in [-0.25, -0.2) is 17.6 Å². The van der Waals surface area contributed by atoms with E-state index in [1.807, 2.05) is 39.8 Å². The summed E-state index contributed by atoms with van der Waals surface area (Å²) in [7, 11) is 0. The van der Waals surface area contributed by atoms with Crippen LogP contribution in [0.5, 0.6) is 0 Å². The summed E-state index contributed by atoms with van der Waals surface area (Å²) in [6.45, 7) is 12.3. The van der Waals surface area contributed by atoms with Crippen LogP contribution in [0.3, 0.4) is 0 Å². The largest absolute Gasteiger partial charge is 0.288 e. The molecule has 0 bridgehead atoms. The van der Waals surface area contributed by atoms with Gasteiger partial charge >= 0.3 is 0 Å². The number of halogens is 4. The standard InChI is InChI=1S/C45H30F4O4/c1-43(2)21(11-29-39(50)25-15-35(46)36(47)16-26(25)40(29)51)7-19-9-33-23(13-31(19)43)24-14-32-20(10-34(24)45(33,5)6)8-22(44(32,3)4)12-30-41(52)27-17-37(48)38(49)18-28(27)42(30)53/h7-18H,1-6H3. The van der Waals surface area contributed by atoms with E-state index in [1.165, 1.54) is 0 Å². The van der Waals surface area contributed by atoms with Crippen molar-refractivity contribution >= 4 is 35.3 Å². The molecule has 0 amide bonds. The van der Waals surface area contributed by atoms with Crippen LogP contribution in [0.25, 0.3) is 23.3 Å². The molecule has 0 saturated carbocycles. The molecule has 4 nitrogen and oxygen atoms in total. The lowest BCUT2D eigenvalue weighted by Crippen LogP contribution is -2.19. The van der Waals surface area contributed by atoms with E-state index in [2.05, 4.69) is 38.1 Å². The smallest absolute Gasteiger partial charge is 0.197 e. The monoisotopic (exact) mass is 710 g/mol. The Bertz CT molecular complexity index is 2430. The fraction of sp³-hybridized carbons (Fsp3) is 0.200. The number of fused-ring (bicyclic) bond motifs is 7. The highest BCUT2D eigenvalue weighted by molar-refractivity contribution is 6.40. The van der Waals surface area contributed by atoms with Crippen LogP contribution in [-0.2, 0) is 16.2 Å². The van der Waals surface area contributed by atoms with Crippen molar-refractivity contribution in [3.05, 3.63) is 162 Å². The van der Waals surface area contributed by atoms with Gasteiger partial charge in [0.1, 0.15) is 0 Å². The molecule has 0 fully saturated rings. The summed E-state index contributed by atoms with van der Waals surface area (Å²) < 4.78 is 55.9. The van der Waals surface area contributed by atoms with Crippen LogP contribution in [0.2, 0.25) is 0 Å². The van der Waals surface area contributed by atoms with Gasteiger partial charge < -0.3 is 0 Å². The van der Waals surface area contributed by atoms with Crippen molar-refractivity contribution in [1.29, 1.82) is 0 Å². The molecule has 53 heavy (non-hydrogen) atoms. The zero-order chi connectivity index (χ0) is 37.8. The molecule has 262 valence electrons. The minimum Gasteiger partial charge on any atom is -0.288 e. The second-order valence-corrected chi connectivity index (χ2v) is 16.1. The highest BCUT2D eigenvalue weighted by atomic mass is 19.2. The Morgan fingerprint density at radius 1 is 0.396 bits per heavy atom. The number of hydrogen-bond acceptors (Lipinski definition) is 4. The summed E-state index contributed by atoms with van der Waals surface area (Å²) in [4.78, 5) is 52.9. The number of Topliss-reactive ketones (excluding diaryl/α,β-unsaturated/α-hetero) is 4. The Hall–Kier alpha value is -5.76. The second kappa shape index (κ2) is 10.2. The molecule has 5 aliphatic carbocycles. The number of allylic oxidation sites excluding steroid dienone is 6. The minimum absolute atomic E-state index is 0.129. The number of carbonyl (C=O) groups is 4. The lowest BCUT2D eigenvalue weighted by Gasteiger charge is -2.26. The van der Waals surface area contributed by atoms with Gasteiger partial charge in [0.15, 0.2) is 46.4 Å². The lowest BCUT2D eigenvalue weighted by molar-refractivity contribution is 0.0973. The molecule has 4 aromatic rings. The van der Waals surface area contributed by atoms with Crippen molar-refractivity contribution in [2.45, 2.75) is 57.8 Å². The number of carbonyl (C=O) groups excluding carboxylic acids is 4. The average molecular weight is 711 g/mol.